The Morgan fingerprint density at radius 2 is 1.77 bits per heavy atom. The maximum Gasteiger partial charge on any atom is 0.230 e. The predicted molar refractivity (Wildman–Crippen MR) is 116 cm³/mol. The molecule has 2 amide bonds. The van der Waals surface area contributed by atoms with Gasteiger partial charge in [-0.05, 0) is 31.7 Å². The van der Waals surface area contributed by atoms with E-state index < -0.39 is 0 Å². The molecule has 164 valence electrons. The van der Waals surface area contributed by atoms with E-state index in [0.29, 0.717) is 18.9 Å². The van der Waals surface area contributed by atoms with E-state index >= 15 is 0 Å². The Hall–Kier alpha value is -1.92. The van der Waals surface area contributed by atoms with Crippen LogP contribution in [-0.4, -0.2) is 86.5 Å². The number of ether oxygens (including phenoxy) is 1. The lowest BCUT2D eigenvalue weighted by atomic mass is 9.60. The number of rotatable bonds is 5. The number of carbonyl (C=O) groups is 2. The minimum Gasteiger partial charge on any atom is -0.383 e. The Morgan fingerprint density at radius 1 is 1.07 bits per heavy atom. The third-order valence-corrected chi connectivity index (χ3v) is 7.83. The highest BCUT2D eigenvalue weighted by atomic mass is 16.5. The van der Waals surface area contributed by atoms with Crippen LogP contribution < -0.4 is 0 Å². The first kappa shape index (κ1) is 21.3. The quantitative estimate of drug-likeness (QED) is 0.741. The van der Waals surface area contributed by atoms with Gasteiger partial charge in [0.15, 0.2) is 0 Å². The van der Waals surface area contributed by atoms with Gasteiger partial charge in [0.2, 0.25) is 11.8 Å². The van der Waals surface area contributed by atoms with Crippen molar-refractivity contribution in [1.82, 2.24) is 14.7 Å². The average molecular weight is 414 g/mol. The van der Waals surface area contributed by atoms with Crippen LogP contribution >= 0.6 is 0 Å². The number of amides is 2. The van der Waals surface area contributed by atoms with Crippen LogP contribution in [0.25, 0.3) is 0 Å². The third kappa shape index (κ3) is 3.65. The van der Waals surface area contributed by atoms with Crippen molar-refractivity contribution in [3.8, 4) is 0 Å². The second kappa shape index (κ2) is 8.31. The molecule has 1 aromatic rings. The highest BCUT2D eigenvalue weighted by molar-refractivity contribution is 5.86. The van der Waals surface area contributed by atoms with Crippen LogP contribution in [0, 0.1) is 17.8 Å². The van der Waals surface area contributed by atoms with Crippen molar-refractivity contribution in [3.05, 3.63) is 35.4 Å². The van der Waals surface area contributed by atoms with E-state index in [1.807, 2.05) is 29.0 Å². The minimum absolute atomic E-state index is 0.0246. The first-order valence-electron chi connectivity index (χ1n) is 11.2. The number of aryl methyl sites for hydroxylation is 1. The van der Waals surface area contributed by atoms with E-state index in [4.69, 9.17) is 4.74 Å². The summed E-state index contributed by atoms with van der Waals surface area (Å²) in [6.45, 7) is 7.74. The molecule has 2 spiro atoms. The Labute approximate surface area is 180 Å². The number of hydrogen-bond donors (Lipinski definition) is 0. The zero-order chi connectivity index (χ0) is 21.4. The summed E-state index contributed by atoms with van der Waals surface area (Å²) >= 11 is 0. The molecule has 0 N–H and O–H groups in total. The van der Waals surface area contributed by atoms with Crippen LogP contribution in [0.3, 0.4) is 0 Å². The molecule has 1 aromatic carbocycles. The smallest absolute Gasteiger partial charge is 0.230 e. The molecule has 1 atom stereocenters. The highest BCUT2D eigenvalue weighted by Gasteiger charge is 2.64. The summed E-state index contributed by atoms with van der Waals surface area (Å²) in [6.07, 6.45) is 3.22. The van der Waals surface area contributed by atoms with E-state index in [1.165, 1.54) is 5.56 Å². The molecule has 4 rings (SSSR count). The van der Waals surface area contributed by atoms with Crippen LogP contribution in [-0.2, 0) is 20.7 Å². The summed E-state index contributed by atoms with van der Waals surface area (Å²) in [5.41, 5.74) is 1.97. The largest absolute Gasteiger partial charge is 0.383 e. The summed E-state index contributed by atoms with van der Waals surface area (Å²) in [5, 5.41) is 0. The van der Waals surface area contributed by atoms with E-state index in [-0.39, 0.29) is 16.7 Å². The molecule has 30 heavy (non-hydrogen) atoms. The molecule has 0 saturated carbocycles. The maximum atomic E-state index is 13.3. The minimum atomic E-state index is -0.290. The van der Waals surface area contributed by atoms with E-state index in [0.717, 1.165) is 64.1 Å². The molecule has 3 saturated heterocycles. The Balaban J connectivity index is 1.46. The van der Waals surface area contributed by atoms with Gasteiger partial charge in [-0.3, -0.25) is 14.5 Å². The van der Waals surface area contributed by atoms with Gasteiger partial charge in [-0.15, -0.1) is 0 Å². The molecule has 3 heterocycles. The molecular formula is C24H35N3O3. The van der Waals surface area contributed by atoms with E-state index in [9.17, 15) is 9.59 Å². The molecule has 1 unspecified atom stereocenters. The Bertz CT molecular complexity index is 785. The van der Waals surface area contributed by atoms with Crippen LogP contribution in [0.15, 0.2) is 24.3 Å². The molecule has 6 nitrogen and oxygen atoms in total. The standard InChI is InChI=1S/C24H35N3O3/c1-19-4-6-20(7-5-19)16-21(28)27-12-8-23(9-13-27)17-26(14-15-30-3)18-24(23)10-11-25(2)22(24)29/h4-7H,8-18H2,1-3H3. The van der Waals surface area contributed by atoms with E-state index in [1.54, 1.807) is 7.11 Å². The first-order chi connectivity index (χ1) is 14.4. The second-order valence-electron chi connectivity index (χ2n) is 9.59. The van der Waals surface area contributed by atoms with Gasteiger partial charge < -0.3 is 14.5 Å². The molecule has 0 aromatic heterocycles. The molecule has 0 aliphatic carbocycles. The van der Waals surface area contributed by atoms with Crippen molar-refractivity contribution >= 4 is 11.8 Å². The van der Waals surface area contributed by atoms with Crippen molar-refractivity contribution in [2.45, 2.75) is 32.6 Å². The van der Waals surface area contributed by atoms with Gasteiger partial charge in [-0.2, -0.15) is 0 Å². The van der Waals surface area contributed by atoms with Crippen LogP contribution in [0.1, 0.15) is 30.4 Å². The number of carbonyl (C=O) groups excluding carboxylic acids is 2. The lowest BCUT2D eigenvalue weighted by molar-refractivity contribution is -0.143. The predicted octanol–water partition coefficient (Wildman–Crippen LogP) is 1.96. The van der Waals surface area contributed by atoms with E-state index in [2.05, 4.69) is 24.0 Å². The summed E-state index contributed by atoms with van der Waals surface area (Å²) in [7, 11) is 3.66. The number of likely N-dealkylation sites (tertiary alicyclic amines) is 3. The van der Waals surface area contributed by atoms with Gasteiger partial charge in [-0.1, -0.05) is 29.8 Å². The van der Waals surface area contributed by atoms with Gasteiger partial charge in [0.05, 0.1) is 18.4 Å². The monoisotopic (exact) mass is 413 g/mol. The van der Waals surface area contributed by atoms with Gasteiger partial charge in [0, 0.05) is 58.8 Å². The lowest BCUT2D eigenvalue weighted by Crippen LogP contribution is -2.53. The number of methoxy groups -OCH3 is 1. The zero-order valence-electron chi connectivity index (χ0n) is 18.7. The fourth-order valence-electron chi connectivity index (χ4n) is 5.95. The zero-order valence-corrected chi connectivity index (χ0v) is 18.7. The first-order valence-corrected chi connectivity index (χ1v) is 11.2. The Morgan fingerprint density at radius 3 is 2.37 bits per heavy atom. The molecule has 0 radical (unpaired) electrons. The maximum absolute atomic E-state index is 13.3. The summed E-state index contributed by atoms with van der Waals surface area (Å²) in [4.78, 5) is 32.6. The fourth-order valence-corrected chi connectivity index (χ4v) is 5.95. The fraction of sp³-hybridized carbons (Fsp3) is 0.667. The highest BCUT2D eigenvalue weighted by Crippen LogP contribution is 2.57. The van der Waals surface area contributed by atoms with Crippen molar-refractivity contribution in [1.29, 1.82) is 0 Å². The summed E-state index contributed by atoms with van der Waals surface area (Å²) < 4.78 is 5.30. The molecule has 3 aliphatic heterocycles. The topological polar surface area (TPSA) is 53.1 Å². The van der Waals surface area contributed by atoms with Gasteiger partial charge in [-0.25, -0.2) is 0 Å². The lowest BCUT2D eigenvalue weighted by Gasteiger charge is -2.47. The van der Waals surface area contributed by atoms with Gasteiger partial charge in [0.1, 0.15) is 0 Å². The number of hydrogen-bond acceptors (Lipinski definition) is 4. The normalized spacial score (nSPS) is 26.3. The number of benzene rings is 1. The summed E-state index contributed by atoms with van der Waals surface area (Å²) in [5.74, 6) is 0.508. The number of piperidine rings is 1. The van der Waals surface area contributed by atoms with Crippen molar-refractivity contribution < 1.29 is 14.3 Å². The van der Waals surface area contributed by atoms with Crippen LogP contribution in [0.2, 0.25) is 0 Å². The molecule has 3 aliphatic rings. The van der Waals surface area contributed by atoms with Crippen LogP contribution in [0.4, 0.5) is 0 Å². The number of nitrogens with zero attached hydrogens (tertiary/aromatic N) is 3. The van der Waals surface area contributed by atoms with Gasteiger partial charge in [0.25, 0.3) is 0 Å². The molecule has 6 heteroatoms. The molecule has 3 fully saturated rings. The SMILES string of the molecule is COCCN1CC2(CCN(C(=O)Cc3ccc(C)cc3)CC2)C2(CCN(C)C2=O)C1. The number of fused-ring (bicyclic) bond motifs is 1. The third-order valence-electron chi connectivity index (χ3n) is 7.83. The van der Waals surface area contributed by atoms with Crippen molar-refractivity contribution in [2.24, 2.45) is 10.8 Å². The van der Waals surface area contributed by atoms with Crippen molar-refractivity contribution in [3.63, 3.8) is 0 Å². The van der Waals surface area contributed by atoms with Gasteiger partial charge >= 0.3 is 0 Å². The molecule has 0 bridgehead atoms. The van der Waals surface area contributed by atoms with Crippen molar-refractivity contribution in [2.75, 3.05) is 60.0 Å². The second-order valence-corrected chi connectivity index (χ2v) is 9.59. The van der Waals surface area contributed by atoms with Crippen LogP contribution in [0.5, 0.6) is 0 Å². The molecular weight excluding hydrogens is 378 g/mol. The Kier molecular flexibility index (Phi) is 5.90. The summed E-state index contributed by atoms with van der Waals surface area (Å²) in [6, 6.07) is 8.22. The average Bonchev–Trinajstić information content (AvgIpc) is 3.21.